The molecular weight excluding hydrogens is 392 g/mol. The van der Waals surface area contributed by atoms with Gasteiger partial charge in [-0.2, -0.15) is 0 Å². The number of benzene rings is 2. The Kier molecular flexibility index (Phi) is 6.35. The molecule has 1 aliphatic heterocycles. The van der Waals surface area contributed by atoms with Gasteiger partial charge in [0, 0.05) is 15.1 Å². The number of hydrogen-bond acceptors (Lipinski definition) is 5. The predicted molar refractivity (Wildman–Crippen MR) is 121 cm³/mol. The molecule has 31 heavy (non-hydrogen) atoms. The lowest BCUT2D eigenvalue weighted by molar-refractivity contribution is -0.284. The molecule has 5 nitrogen and oxygen atoms in total. The zero-order chi connectivity index (χ0) is 24.6. The van der Waals surface area contributed by atoms with Crippen LogP contribution in [0.4, 0.5) is 0 Å². The minimum atomic E-state index is -1.68. The predicted octanol–water partition coefficient (Wildman–Crippen LogP) is 4.45. The maximum absolute atomic E-state index is 11.5. The molecule has 0 bridgehead atoms. The normalized spacial score (nSPS) is 26.7. The number of hydrogen-bond donors (Lipinski definition) is 2. The van der Waals surface area contributed by atoms with Gasteiger partial charge >= 0.3 is 0 Å². The van der Waals surface area contributed by atoms with Crippen molar-refractivity contribution in [2.45, 2.75) is 77.9 Å². The van der Waals surface area contributed by atoms with Crippen molar-refractivity contribution in [2.75, 3.05) is 0 Å². The third-order valence-electron chi connectivity index (χ3n) is 6.01. The summed E-state index contributed by atoms with van der Waals surface area (Å²) in [5.41, 5.74) is 2.79. The molecule has 1 aliphatic rings. The third-order valence-corrected chi connectivity index (χ3v) is 6.01. The van der Waals surface area contributed by atoms with Crippen molar-refractivity contribution in [1.82, 2.24) is 0 Å². The van der Waals surface area contributed by atoms with Crippen LogP contribution in [0.25, 0.3) is 11.1 Å². The number of ether oxygens (including phenoxy) is 2. The van der Waals surface area contributed by atoms with E-state index < -0.39 is 30.5 Å². The van der Waals surface area contributed by atoms with Crippen molar-refractivity contribution in [3.05, 3.63) is 53.6 Å². The SMILES string of the molecule is [2H]C([2H])(CC(C)=O)Cc1ccc(O[C@@H]2OC(C)(C)[C@H](C)[C@@H](O)[C@H]2O)cc1-c1cccc(C)c1. The Hall–Kier alpha value is -2.21. The highest BCUT2D eigenvalue weighted by Crippen LogP contribution is 2.36. The van der Waals surface area contributed by atoms with Crippen LogP contribution >= 0.6 is 0 Å². The summed E-state index contributed by atoms with van der Waals surface area (Å²) in [6.07, 6.45) is -5.02. The lowest BCUT2D eigenvalue weighted by Crippen LogP contribution is -2.59. The Morgan fingerprint density at radius 1 is 1.19 bits per heavy atom. The Morgan fingerprint density at radius 2 is 1.94 bits per heavy atom. The van der Waals surface area contributed by atoms with E-state index in [-0.39, 0.29) is 24.5 Å². The fourth-order valence-electron chi connectivity index (χ4n) is 3.81. The number of aliphatic hydroxyl groups excluding tert-OH is 2. The van der Waals surface area contributed by atoms with Crippen LogP contribution in [0.5, 0.6) is 5.75 Å². The van der Waals surface area contributed by atoms with Gasteiger partial charge in [-0.05, 0) is 69.3 Å². The summed E-state index contributed by atoms with van der Waals surface area (Å²) in [5, 5.41) is 21.0. The fraction of sp³-hybridized carbons (Fsp3) is 0.500. The quantitative estimate of drug-likeness (QED) is 0.682. The lowest BCUT2D eigenvalue weighted by Gasteiger charge is -2.46. The van der Waals surface area contributed by atoms with Crippen LogP contribution in [0, 0.1) is 12.8 Å². The molecule has 0 amide bonds. The third kappa shape index (κ3) is 5.53. The summed E-state index contributed by atoms with van der Waals surface area (Å²) in [4.78, 5) is 11.5. The zero-order valence-electron chi connectivity index (χ0n) is 20.9. The number of carbonyl (C=O) groups is 1. The summed E-state index contributed by atoms with van der Waals surface area (Å²) in [6, 6.07) is 13.1. The van der Waals surface area contributed by atoms with E-state index in [2.05, 4.69) is 0 Å². The maximum Gasteiger partial charge on any atom is 0.229 e. The van der Waals surface area contributed by atoms with E-state index in [0.29, 0.717) is 5.75 Å². The number of aliphatic hydroxyl groups is 2. The second kappa shape index (κ2) is 9.51. The van der Waals surface area contributed by atoms with Crippen molar-refractivity contribution >= 4 is 5.78 Å². The smallest absolute Gasteiger partial charge is 0.229 e. The van der Waals surface area contributed by atoms with Crippen LogP contribution in [-0.2, 0) is 16.0 Å². The second-order valence-electron chi connectivity index (χ2n) is 8.97. The van der Waals surface area contributed by atoms with Crippen LogP contribution < -0.4 is 4.74 Å². The van der Waals surface area contributed by atoms with Gasteiger partial charge in [0.25, 0.3) is 0 Å². The van der Waals surface area contributed by atoms with Crippen molar-refractivity contribution < 1.29 is 27.2 Å². The molecule has 2 aromatic rings. The van der Waals surface area contributed by atoms with Crippen LogP contribution in [0.15, 0.2) is 42.5 Å². The highest BCUT2D eigenvalue weighted by atomic mass is 16.7. The van der Waals surface area contributed by atoms with E-state index in [0.717, 1.165) is 22.3 Å². The summed E-state index contributed by atoms with van der Waals surface area (Å²) in [5.74, 6) is -0.0408. The van der Waals surface area contributed by atoms with E-state index in [9.17, 15) is 15.0 Å². The van der Waals surface area contributed by atoms with Crippen LogP contribution in [0.1, 0.15) is 54.4 Å². The first kappa shape index (κ1) is 20.7. The molecule has 4 atom stereocenters. The number of rotatable bonds is 7. The van der Waals surface area contributed by atoms with Gasteiger partial charge in [0.15, 0.2) is 0 Å². The van der Waals surface area contributed by atoms with Crippen molar-refractivity contribution in [1.29, 1.82) is 0 Å². The van der Waals surface area contributed by atoms with Crippen LogP contribution in [-0.4, -0.2) is 40.1 Å². The van der Waals surface area contributed by atoms with Gasteiger partial charge in [0.1, 0.15) is 17.6 Å². The molecule has 1 heterocycles. The molecule has 0 aliphatic carbocycles. The number of Topliss-reactive ketones (excluding diaryl/α,β-unsaturated/α-hetero) is 1. The molecule has 1 saturated heterocycles. The Morgan fingerprint density at radius 3 is 2.61 bits per heavy atom. The molecule has 5 heteroatoms. The molecule has 168 valence electrons. The summed E-state index contributed by atoms with van der Waals surface area (Å²) < 4.78 is 28.5. The molecule has 0 radical (unpaired) electrons. The number of aryl methyl sites for hydroxylation is 2. The minimum Gasteiger partial charge on any atom is -0.462 e. The minimum absolute atomic E-state index is 0.0714. The van der Waals surface area contributed by atoms with Crippen LogP contribution in [0.3, 0.4) is 0 Å². The first-order chi connectivity index (χ1) is 15.3. The van der Waals surface area contributed by atoms with Crippen LogP contribution in [0.2, 0.25) is 0 Å². The molecule has 1 fully saturated rings. The number of carbonyl (C=O) groups excluding carboxylic acids is 1. The topological polar surface area (TPSA) is 76.0 Å². The first-order valence-corrected chi connectivity index (χ1v) is 10.7. The first-order valence-electron chi connectivity index (χ1n) is 11.7. The lowest BCUT2D eigenvalue weighted by atomic mass is 9.82. The summed E-state index contributed by atoms with van der Waals surface area (Å²) in [7, 11) is 0. The summed E-state index contributed by atoms with van der Waals surface area (Å²) in [6.45, 7) is 8.89. The molecule has 0 saturated carbocycles. The van der Waals surface area contributed by atoms with E-state index in [1.54, 1.807) is 18.2 Å². The van der Waals surface area contributed by atoms with Gasteiger partial charge in [0.05, 0.1) is 11.7 Å². The van der Waals surface area contributed by atoms with Crippen molar-refractivity contribution in [2.24, 2.45) is 5.92 Å². The second-order valence-corrected chi connectivity index (χ2v) is 8.97. The highest BCUT2D eigenvalue weighted by Gasteiger charge is 2.47. The Labute approximate surface area is 187 Å². The van der Waals surface area contributed by atoms with Gasteiger partial charge in [0.2, 0.25) is 6.29 Å². The average Bonchev–Trinajstić information content (AvgIpc) is 2.70. The molecule has 2 aromatic carbocycles. The highest BCUT2D eigenvalue weighted by molar-refractivity contribution is 5.75. The standard InChI is InChI=1S/C26H34O5/c1-16-8-6-11-20(14-16)22-15-21(13-12-19(22)10-7-9-17(2)27)30-25-24(29)23(28)18(3)26(4,5)31-25/h6,8,11-15,18,23-25,28-29H,7,9-10H2,1-5H3/t18-,23-,24-,25-/m1/s1/i7D2. The maximum atomic E-state index is 11.5. The average molecular weight is 429 g/mol. The molecule has 3 rings (SSSR count). The van der Waals surface area contributed by atoms with Gasteiger partial charge in [-0.25, -0.2) is 0 Å². The van der Waals surface area contributed by atoms with Gasteiger partial charge in [-0.1, -0.05) is 42.8 Å². The van der Waals surface area contributed by atoms with Crippen molar-refractivity contribution in [3.8, 4) is 16.9 Å². The molecule has 0 spiro atoms. The number of ketones is 1. The Balaban J connectivity index is 1.96. The van der Waals surface area contributed by atoms with E-state index in [4.69, 9.17) is 12.2 Å². The van der Waals surface area contributed by atoms with Gasteiger partial charge < -0.3 is 24.5 Å². The van der Waals surface area contributed by atoms with E-state index in [1.807, 2.05) is 52.0 Å². The Bertz CT molecular complexity index is 1000. The van der Waals surface area contributed by atoms with Gasteiger partial charge in [-0.3, -0.25) is 0 Å². The largest absolute Gasteiger partial charge is 0.462 e. The molecule has 0 aromatic heterocycles. The van der Waals surface area contributed by atoms with Crippen molar-refractivity contribution in [3.63, 3.8) is 0 Å². The van der Waals surface area contributed by atoms with E-state index >= 15 is 0 Å². The molecular formula is C26H34O5. The fourth-order valence-corrected chi connectivity index (χ4v) is 3.81. The van der Waals surface area contributed by atoms with E-state index in [1.165, 1.54) is 6.92 Å². The van der Waals surface area contributed by atoms with Gasteiger partial charge in [-0.15, -0.1) is 0 Å². The zero-order valence-corrected chi connectivity index (χ0v) is 18.9. The molecule has 2 N–H and O–H groups in total. The molecule has 0 unspecified atom stereocenters. The monoisotopic (exact) mass is 428 g/mol. The summed E-state index contributed by atoms with van der Waals surface area (Å²) >= 11 is 0.